The predicted molar refractivity (Wildman–Crippen MR) is 48.2 cm³/mol. The third-order valence-corrected chi connectivity index (χ3v) is 1.90. The molecule has 3 heteroatoms. The number of aryl methyl sites for hydroxylation is 1. The molecule has 13 heavy (non-hydrogen) atoms. The van der Waals surface area contributed by atoms with Crippen molar-refractivity contribution in [3.63, 3.8) is 0 Å². The van der Waals surface area contributed by atoms with Crippen LogP contribution in [0.1, 0.15) is 33.2 Å². The van der Waals surface area contributed by atoms with Gasteiger partial charge in [0, 0.05) is 5.56 Å². The summed E-state index contributed by atoms with van der Waals surface area (Å²) in [7, 11) is 0. The van der Waals surface area contributed by atoms with E-state index in [9.17, 15) is 9.59 Å². The van der Waals surface area contributed by atoms with Crippen LogP contribution in [0.2, 0.25) is 0 Å². The summed E-state index contributed by atoms with van der Waals surface area (Å²) in [5.41, 5.74) is 1.56. The number of hydrogen-bond donors (Lipinski definition) is 1. The number of aromatic carboxylic acids is 1. The lowest BCUT2D eigenvalue weighted by molar-refractivity contribution is 0.0696. The average Bonchev–Trinajstić information content (AvgIpc) is 2.16. The summed E-state index contributed by atoms with van der Waals surface area (Å²) < 4.78 is 0. The summed E-state index contributed by atoms with van der Waals surface area (Å²) >= 11 is 0. The zero-order valence-electron chi connectivity index (χ0n) is 7.28. The lowest BCUT2D eigenvalue weighted by Crippen LogP contribution is -1.99. The van der Waals surface area contributed by atoms with E-state index in [-0.39, 0.29) is 5.56 Å². The van der Waals surface area contributed by atoms with Crippen molar-refractivity contribution in [3.8, 4) is 0 Å². The van der Waals surface area contributed by atoms with Gasteiger partial charge in [-0.1, -0.05) is 13.0 Å². The molecule has 0 saturated heterocycles. The molecule has 0 aliphatic heterocycles. The Morgan fingerprint density at radius 3 is 2.69 bits per heavy atom. The summed E-state index contributed by atoms with van der Waals surface area (Å²) in [4.78, 5) is 21.1. The standard InChI is InChI=1S/C10H10O3/c1-2-7-5-8(10(12)13)3-4-9(7)6-11/h3-6H,2H2,1H3,(H,12,13). The Hall–Kier alpha value is -1.64. The van der Waals surface area contributed by atoms with Gasteiger partial charge in [-0.15, -0.1) is 0 Å². The first-order valence-corrected chi connectivity index (χ1v) is 4.00. The van der Waals surface area contributed by atoms with Crippen molar-refractivity contribution in [2.45, 2.75) is 13.3 Å². The molecule has 0 aromatic heterocycles. The van der Waals surface area contributed by atoms with Gasteiger partial charge in [0.1, 0.15) is 6.29 Å². The van der Waals surface area contributed by atoms with Crippen LogP contribution in [0.25, 0.3) is 0 Å². The fourth-order valence-corrected chi connectivity index (χ4v) is 1.16. The van der Waals surface area contributed by atoms with Crippen LogP contribution >= 0.6 is 0 Å². The molecule has 3 nitrogen and oxygen atoms in total. The number of carbonyl (C=O) groups excluding carboxylic acids is 1. The Balaban J connectivity index is 3.20. The van der Waals surface area contributed by atoms with Gasteiger partial charge in [0.05, 0.1) is 5.56 Å². The summed E-state index contributed by atoms with van der Waals surface area (Å²) in [6, 6.07) is 4.51. The Kier molecular flexibility index (Phi) is 2.80. The van der Waals surface area contributed by atoms with Crippen LogP contribution in [0, 0.1) is 0 Å². The fourth-order valence-electron chi connectivity index (χ4n) is 1.16. The molecule has 1 N–H and O–H groups in total. The second-order valence-electron chi connectivity index (χ2n) is 2.69. The van der Waals surface area contributed by atoms with Gasteiger partial charge >= 0.3 is 5.97 Å². The fraction of sp³-hybridized carbons (Fsp3) is 0.200. The molecule has 0 amide bonds. The number of hydrogen-bond acceptors (Lipinski definition) is 2. The highest BCUT2D eigenvalue weighted by Crippen LogP contribution is 2.11. The van der Waals surface area contributed by atoms with Crippen molar-refractivity contribution < 1.29 is 14.7 Å². The molecule has 1 aromatic rings. The van der Waals surface area contributed by atoms with Gasteiger partial charge in [0.2, 0.25) is 0 Å². The highest BCUT2D eigenvalue weighted by atomic mass is 16.4. The van der Waals surface area contributed by atoms with Crippen LogP contribution in [0.5, 0.6) is 0 Å². The second kappa shape index (κ2) is 3.85. The van der Waals surface area contributed by atoms with E-state index in [2.05, 4.69) is 0 Å². The van der Waals surface area contributed by atoms with Gasteiger partial charge in [0.15, 0.2) is 0 Å². The smallest absolute Gasteiger partial charge is 0.335 e. The van der Waals surface area contributed by atoms with Crippen molar-refractivity contribution in [3.05, 3.63) is 34.9 Å². The van der Waals surface area contributed by atoms with E-state index in [1.807, 2.05) is 6.92 Å². The number of rotatable bonds is 3. The first kappa shape index (κ1) is 9.45. The zero-order chi connectivity index (χ0) is 9.84. The molecule has 0 spiro atoms. The third kappa shape index (κ3) is 1.93. The van der Waals surface area contributed by atoms with E-state index >= 15 is 0 Å². The molecule has 0 atom stereocenters. The van der Waals surface area contributed by atoms with Crippen molar-refractivity contribution in [2.75, 3.05) is 0 Å². The molecule has 0 aliphatic rings. The van der Waals surface area contributed by atoms with Gasteiger partial charge in [-0.05, 0) is 24.1 Å². The lowest BCUT2D eigenvalue weighted by Gasteiger charge is -2.02. The average molecular weight is 178 g/mol. The van der Waals surface area contributed by atoms with E-state index in [0.717, 1.165) is 11.8 Å². The Bertz CT molecular complexity index is 342. The number of benzene rings is 1. The van der Waals surface area contributed by atoms with Gasteiger partial charge in [-0.2, -0.15) is 0 Å². The zero-order valence-corrected chi connectivity index (χ0v) is 7.28. The van der Waals surface area contributed by atoms with E-state index in [4.69, 9.17) is 5.11 Å². The third-order valence-electron chi connectivity index (χ3n) is 1.90. The van der Waals surface area contributed by atoms with Crippen molar-refractivity contribution in [1.82, 2.24) is 0 Å². The maximum atomic E-state index is 10.6. The molecular formula is C10H10O3. The SMILES string of the molecule is CCc1cc(C(=O)O)ccc1C=O. The largest absolute Gasteiger partial charge is 0.478 e. The molecule has 1 aromatic carbocycles. The van der Waals surface area contributed by atoms with Crippen molar-refractivity contribution >= 4 is 12.3 Å². The summed E-state index contributed by atoms with van der Waals surface area (Å²) in [5, 5.41) is 8.68. The Morgan fingerprint density at radius 1 is 1.54 bits per heavy atom. The molecule has 0 unspecified atom stereocenters. The van der Waals surface area contributed by atoms with Crippen LogP contribution in [-0.4, -0.2) is 17.4 Å². The highest BCUT2D eigenvalue weighted by molar-refractivity contribution is 5.89. The van der Waals surface area contributed by atoms with Gasteiger partial charge in [-0.3, -0.25) is 4.79 Å². The highest BCUT2D eigenvalue weighted by Gasteiger charge is 2.05. The quantitative estimate of drug-likeness (QED) is 0.717. The van der Waals surface area contributed by atoms with E-state index < -0.39 is 5.97 Å². The van der Waals surface area contributed by atoms with Crippen LogP contribution in [0.4, 0.5) is 0 Å². The first-order chi connectivity index (χ1) is 6.19. The maximum Gasteiger partial charge on any atom is 0.335 e. The summed E-state index contributed by atoms with van der Waals surface area (Å²) in [6.07, 6.45) is 1.40. The van der Waals surface area contributed by atoms with Gasteiger partial charge in [0.25, 0.3) is 0 Å². The predicted octanol–water partition coefficient (Wildman–Crippen LogP) is 1.76. The second-order valence-corrected chi connectivity index (χ2v) is 2.69. The number of carboxylic acids is 1. The summed E-state index contributed by atoms with van der Waals surface area (Å²) in [6.45, 7) is 1.88. The maximum absolute atomic E-state index is 10.6. The number of aldehydes is 1. The van der Waals surface area contributed by atoms with E-state index in [0.29, 0.717) is 12.0 Å². The molecular weight excluding hydrogens is 168 g/mol. The minimum absolute atomic E-state index is 0.224. The van der Waals surface area contributed by atoms with Crippen LogP contribution in [0.3, 0.4) is 0 Å². The topological polar surface area (TPSA) is 54.4 Å². The molecule has 0 saturated carbocycles. The van der Waals surface area contributed by atoms with Crippen LogP contribution in [-0.2, 0) is 6.42 Å². The molecule has 68 valence electrons. The molecule has 0 aliphatic carbocycles. The van der Waals surface area contributed by atoms with E-state index in [1.165, 1.54) is 18.2 Å². The Morgan fingerprint density at radius 2 is 2.23 bits per heavy atom. The van der Waals surface area contributed by atoms with Crippen molar-refractivity contribution in [1.29, 1.82) is 0 Å². The van der Waals surface area contributed by atoms with Crippen molar-refractivity contribution in [2.24, 2.45) is 0 Å². The lowest BCUT2D eigenvalue weighted by atomic mass is 10.0. The van der Waals surface area contributed by atoms with Crippen LogP contribution < -0.4 is 0 Å². The van der Waals surface area contributed by atoms with Gasteiger partial charge in [-0.25, -0.2) is 4.79 Å². The normalized spacial score (nSPS) is 9.62. The monoisotopic (exact) mass is 178 g/mol. The molecule has 1 rings (SSSR count). The minimum atomic E-state index is -0.966. The van der Waals surface area contributed by atoms with E-state index in [1.54, 1.807) is 0 Å². The molecule has 0 heterocycles. The van der Waals surface area contributed by atoms with Gasteiger partial charge < -0.3 is 5.11 Å². The molecule has 0 fully saturated rings. The summed E-state index contributed by atoms with van der Waals surface area (Å²) in [5.74, 6) is -0.966. The first-order valence-electron chi connectivity index (χ1n) is 4.00. The number of carbonyl (C=O) groups is 2. The van der Waals surface area contributed by atoms with Crippen LogP contribution in [0.15, 0.2) is 18.2 Å². The minimum Gasteiger partial charge on any atom is -0.478 e. The molecule has 0 radical (unpaired) electrons. The Labute approximate surface area is 76.0 Å². The number of carboxylic acid groups (broad SMARTS) is 1. The molecule has 0 bridgehead atoms.